The van der Waals surface area contributed by atoms with Crippen LogP contribution in [0.3, 0.4) is 0 Å². The molecular weight excluding hydrogens is 324 g/mol. The molecule has 0 saturated carbocycles. The molecule has 0 unspecified atom stereocenters. The maximum absolute atomic E-state index is 12.0. The summed E-state index contributed by atoms with van der Waals surface area (Å²) in [4.78, 5) is 34.5. The molecular formula is C19H24O6. The molecule has 0 bridgehead atoms. The molecule has 1 aliphatic carbocycles. The van der Waals surface area contributed by atoms with Gasteiger partial charge in [-0.1, -0.05) is 12.7 Å². The molecule has 0 N–H and O–H groups in total. The second-order valence-electron chi connectivity index (χ2n) is 6.43. The molecule has 2 aliphatic rings. The highest BCUT2D eigenvalue weighted by molar-refractivity contribution is 5.91. The molecule has 1 heterocycles. The van der Waals surface area contributed by atoms with Crippen LogP contribution in [0, 0.1) is 5.92 Å². The lowest BCUT2D eigenvalue weighted by molar-refractivity contribution is -0.145. The van der Waals surface area contributed by atoms with Crippen LogP contribution in [0.1, 0.15) is 40.0 Å². The van der Waals surface area contributed by atoms with Crippen LogP contribution in [0.15, 0.2) is 35.5 Å². The van der Waals surface area contributed by atoms with Gasteiger partial charge in [0.25, 0.3) is 0 Å². The van der Waals surface area contributed by atoms with Gasteiger partial charge in [0, 0.05) is 25.3 Å². The average molecular weight is 348 g/mol. The third-order valence-corrected chi connectivity index (χ3v) is 4.43. The second kappa shape index (κ2) is 8.14. The molecule has 1 fully saturated rings. The van der Waals surface area contributed by atoms with Crippen LogP contribution in [0.25, 0.3) is 0 Å². The molecule has 1 aliphatic heterocycles. The van der Waals surface area contributed by atoms with Crippen molar-refractivity contribution in [3.05, 3.63) is 35.5 Å². The molecule has 1 saturated heterocycles. The Labute approximate surface area is 147 Å². The normalized spacial score (nSPS) is 30.9. The van der Waals surface area contributed by atoms with E-state index in [1.165, 1.54) is 13.8 Å². The first-order valence-electron chi connectivity index (χ1n) is 8.34. The minimum Gasteiger partial charge on any atom is -0.461 e. The molecule has 2 rings (SSSR count). The highest BCUT2D eigenvalue weighted by atomic mass is 16.6. The Balaban J connectivity index is 2.30. The lowest BCUT2D eigenvalue weighted by atomic mass is 9.86. The van der Waals surface area contributed by atoms with Crippen LogP contribution < -0.4 is 0 Å². The Kier molecular flexibility index (Phi) is 6.17. The van der Waals surface area contributed by atoms with E-state index in [1.54, 1.807) is 0 Å². The van der Waals surface area contributed by atoms with Crippen LogP contribution in [-0.2, 0) is 28.6 Å². The van der Waals surface area contributed by atoms with Gasteiger partial charge in [-0.2, -0.15) is 0 Å². The largest absolute Gasteiger partial charge is 0.461 e. The Morgan fingerprint density at radius 2 is 2.04 bits per heavy atom. The third-order valence-electron chi connectivity index (χ3n) is 4.43. The summed E-state index contributed by atoms with van der Waals surface area (Å²) in [5, 5.41) is 0. The van der Waals surface area contributed by atoms with Gasteiger partial charge in [-0.05, 0) is 43.4 Å². The lowest BCUT2D eigenvalue weighted by Crippen LogP contribution is -2.26. The lowest BCUT2D eigenvalue weighted by Gasteiger charge is -2.25. The zero-order valence-corrected chi connectivity index (χ0v) is 14.9. The summed E-state index contributed by atoms with van der Waals surface area (Å²) in [6, 6.07) is 0. The molecule has 3 atom stereocenters. The molecule has 0 amide bonds. The van der Waals surface area contributed by atoms with Crippen LogP contribution in [0.2, 0.25) is 0 Å². The van der Waals surface area contributed by atoms with Gasteiger partial charge in [0.05, 0.1) is 0 Å². The number of carbonyl (C=O) groups is 3. The van der Waals surface area contributed by atoms with Crippen molar-refractivity contribution in [2.45, 2.75) is 52.2 Å². The summed E-state index contributed by atoms with van der Waals surface area (Å²) in [7, 11) is 0. The summed E-state index contributed by atoms with van der Waals surface area (Å²) >= 11 is 0. The van der Waals surface area contributed by atoms with Gasteiger partial charge in [0.2, 0.25) is 0 Å². The predicted molar refractivity (Wildman–Crippen MR) is 90.4 cm³/mol. The number of fused-ring (bicyclic) bond motifs is 1. The minimum atomic E-state index is -0.491. The first kappa shape index (κ1) is 19.0. The molecule has 0 radical (unpaired) electrons. The van der Waals surface area contributed by atoms with E-state index in [0.29, 0.717) is 24.8 Å². The van der Waals surface area contributed by atoms with Gasteiger partial charge in [-0.25, -0.2) is 4.79 Å². The Morgan fingerprint density at radius 3 is 2.68 bits per heavy atom. The van der Waals surface area contributed by atoms with Crippen molar-refractivity contribution < 1.29 is 28.6 Å². The molecule has 0 aromatic rings. The van der Waals surface area contributed by atoms with E-state index in [9.17, 15) is 14.4 Å². The molecule has 136 valence electrons. The first-order valence-corrected chi connectivity index (χ1v) is 8.34. The molecule has 6 nitrogen and oxygen atoms in total. The fourth-order valence-corrected chi connectivity index (χ4v) is 3.06. The first-order chi connectivity index (χ1) is 11.8. The number of esters is 3. The van der Waals surface area contributed by atoms with Crippen LogP contribution >= 0.6 is 0 Å². The van der Waals surface area contributed by atoms with E-state index in [2.05, 4.69) is 6.58 Å². The fourth-order valence-electron chi connectivity index (χ4n) is 3.06. The Hall–Kier alpha value is -2.37. The SMILES string of the molecule is C=C1C(=O)O[C@@H]2/C=C(\COC(C)=O)CC/C=C(\C)[C@H](OC(C)=O)C[C@@H]12. The van der Waals surface area contributed by atoms with Crippen molar-refractivity contribution in [3.8, 4) is 0 Å². The minimum absolute atomic E-state index is 0.169. The Bertz CT molecular complexity index is 642. The monoisotopic (exact) mass is 348 g/mol. The van der Waals surface area contributed by atoms with Crippen molar-refractivity contribution >= 4 is 17.9 Å². The van der Waals surface area contributed by atoms with Crippen LogP contribution in [0.5, 0.6) is 0 Å². The maximum Gasteiger partial charge on any atom is 0.334 e. The zero-order valence-electron chi connectivity index (χ0n) is 14.9. The highest BCUT2D eigenvalue weighted by Crippen LogP contribution is 2.35. The molecule has 6 heteroatoms. The van der Waals surface area contributed by atoms with Gasteiger partial charge in [0.15, 0.2) is 0 Å². The highest BCUT2D eigenvalue weighted by Gasteiger charge is 2.40. The van der Waals surface area contributed by atoms with E-state index in [4.69, 9.17) is 14.2 Å². The van der Waals surface area contributed by atoms with Crippen molar-refractivity contribution in [2.24, 2.45) is 5.92 Å². The van der Waals surface area contributed by atoms with Crippen molar-refractivity contribution in [2.75, 3.05) is 6.61 Å². The van der Waals surface area contributed by atoms with Crippen molar-refractivity contribution in [1.29, 1.82) is 0 Å². The van der Waals surface area contributed by atoms with Gasteiger partial charge in [0.1, 0.15) is 18.8 Å². The van der Waals surface area contributed by atoms with Gasteiger partial charge in [-0.15, -0.1) is 0 Å². The predicted octanol–water partition coefficient (Wildman–Crippen LogP) is 2.64. The van der Waals surface area contributed by atoms with Gasteiger partial charge < -0.3 is 14.2 Å². The van der Waals surface area contributed by atoms with E-state index in [0.717, 1.165) is 11.1 Å². The molecule has 0 aromatic heterocycles. The topological polar surface area (TPSA) is 78.9 Å². The summed E-state index contributed by atoms with van der Waals surface area (Å²) < 4.78 is 15.9. The number of ether oxygens (including phenoxy) is 3. The number of rotatable bonds is 3. The smallest absolute Gasteiger partial charge is 0.334 e. The quantitative estimate of drug-likeness (QED) is 0.338. The van der Waals surface area contributed by atoms with Crippen LogP contribution in [0.4, 0.5) is 0 Å². The zero-order chi connectivity index (χ0) is 18.6. The van der Waals surface area contributed by atoms with Gasteiger partial charge >= 0.3 is 17.9 Å². The Morgan fingerprint density at radius 1 is 1.32 bits per heavy atom. The number of hydrogen-bond donors (Lipinski definition) is 0. The van der Waals surface area contributed by atoms with E-state index >= 15 is 0 Å². The number of hydrogen-bond acceptors (Lipinski definition) is 6. The molecule has 0 spiro atoms. The molecule has 25 heavy (non-hydrogen) atoms. The van der Waals surface area contributed by atoms with Crippen molar-refractivity contribution in [3.63, 3.8) is 0 Å². The number of carbonyl (C=O) groups excluding carboxylic acids is 3. The van der Waals surface area contributed by atoms with Gasteiger partial charge in [-0.3, -0.25) is 9.59 Å². The summed E-state index contributed by atoms with van der Waals surface area (Å²) in [5.74, 6) is -1.46. The van der Waals surface area contributed by atoms with Crippen LogP contribution in [-0.4, -0.2) is 36.7 Å². The summed E-state index contributed by atoms with van der Waals surface area (Å²) in [5.41, 5.74) is 2.19. The second-order valence-corrected chi connectivity index (χ2v) is 6.43. The standard InChI is InChI=1S/C19H24O6/c1-11-6-5-7-15(10-23-13(3)20)8-18-16(12(2)19(22)25-18)9-17(11)24-14(4)21/h6,8,16-18H,2,5,7,9-10H2,1,3-4H3/b11-6+,15-8-/t16-,17+,18+/m0/s1. The maximum atomic E-state index is 12.0. The van der Waals surface area contributed by atoms with E-state index < -0.39 is 18.2 Å². The third kappa shape index (κ3) is 5.05. The fraction of sp³-hybridized carbons (Fsp3) is 0.526. The van der Waals surface area contributed by atoms with E-state index in [1.807, 2.05) is 19.1 Å². The van der Waals surface area contributed by atoms with Crippen molar-refractivity contribution in [1.82, 2.24) is 0 Å². The summed E-state index contributed by atoms with van der Waals surface area (Å²) in [6.07, 6.45) is 4.73. The van der Waals surface area contributed by atoms with E-state index in [-0.39, 0.29) is 24.5 Å². The summed E-state index contributed by atoms with van der Waals surface area (Å²) in [6.45, 7) is 8.63. The number of allylic oxidation sites excluding steroid dienone is 1. The average Bonchev–Trinajstić information content (AvgIpc) is 2.78. The molecule has 0 aromatic carbocycles.